The van der Waals surface area contributed by atoms with Gasteiger partial charge in [0.1, 0.15) is 5.82 Å². The van der Waals surface area contributed by atoms with E-state index >= 15 is 0 Å². The normalized spacial score (nSPS) is 18.9. The fraction of sp³-hybridized carbons (Fsp3) is 0.389. The highest BCUT2D eigenvalue weighted by atomic mass is 32.2. The van der Waals surface area contributed by atoms with E-state index in [2.05, 4.69) is 27.6 Å². The van der Waals surface area contributed by atoms with Crippen LogP contribution in [0.1, 0.15) is 23.7 Å². The van der Waals surface area contributed by atoms with Gasteiger partial charge in [-0.15, -0.1) is 16.9 Å². The zero-order chi connectivity index (χ0) is 16.5. The van der Waals surface area contributed by atoms with Gasteiger partial charge in [0.05, 0.1) is 10.9 Å². The molecule has 2 aromatic rings. The van der Waals surface area contributed by atoms with Crippen molar-refractivity contribution in [2.45, 2.75) is 36.5 Å². The number of nitrogens with zero attached hydrogens (tertiary/aromatic N) is 3. The number of amides is 1. The first-order valence-electron chi connectivity index (χ1n) is 8.37. The second-order valence-corrected chi connectivity index (χ2v) is 7.40. The molecule has 2 aliphatic rings. The Hall–Kier alpha value is -2.08. The highest BCUT2D eigenvalue weighted by molar-refractivity contribution is 8.01. The SMILES string of the molecule is CCNc1cc2c(nn1)CCN(C(=O)[C@@H]1Cc3ccccc3S1)C2. The molecule has 5 nitrogen and oxygen atoms in total. The highest BCUT2D eigenvalue weighted by Crippen LogP contribution is 2.38. The van der Waals surface area contributed by atoms with Gasteiger partial charge in [0.2, 0.25) is 5.91 Å². The lowest BCUT2D eigenvalue weighted by Crippen LogP contribution is -2.41. The minimum Gasteiger partial charge on any atom is -0.369 e. The lowest BCUT2D eigenvalue weighted by molar-refractivity contribution is -0.131. The van der Waals surface area contributed by atoms with Crippen molar-refractivity contribution in [3.05, 3.63) is 47.2 Å². The van der Waals surface area contributed by atoms with Crippen molar-refractivity contribution in [2.24, 2.45) is 0 Å². The number of nitrogens with one attached hydrogen (secondary N) is 1. The summed E-state index contributed by atoms with van der Waals surface area (Å²) in [7, 11) is 0. The molecule has 1 aromatic heterocycles. The zero-order valence-electron chi connectivity index (χ0n) is 13.7. The van der Waals surface area contributed by atoms with Crippen LogP contribution in [0.15, 0.2) is 35.2 Å². The molecule has 0 radical (unpaired) electrons. The van der Waals surface area contributed by atoms with Crippen LogP contribution in [0.3, 0.4) is 0 Å². The van der Waals surface area contributed by atoms with Gasteiger partial charge in [-0.1, -0.05) is 18.2 Å². The smallest absolute Gasteiger partial charge is 0.236 e. The van der Waals surface area contributed by atoms with Crippen LogP contribution in [0.5, 0.6) is 0 Å². The largest absolute Gasteiger partial charge is 0.369 e. The number of hydrogen-bond donors (Lipinski definition) is 1. The van der Waals surface area contributed by atoms with Gasteiger partial charge in [-0.05, 0) is 36.6 Å². The Morgan fingerprint density at radius 3 is 3.04 bits per heavy atom. The number of rotatable bonds is 3. The molecule has 124 valence electrons. The summed E-state index contributed by atoms with van der Waals surface area (Å²) >= 11 is 1.70. The highest BCUT2D eigenvalue weighted by Gasteiger charge is 2.33. The van der Waals surface area contributed by atoms with Gasteiger partial charge in [-0.2, -0.15) is 5.10 Å². The quantitative estimate of drug-likeness (QED) is 0.930. The van der Waals surface area contributed by atoms with E-state index in [1.54, 1.807) is 11.8 Å². The molecule has 1 N–H and O–H groups in total. The first-order chi connectivity index (χ1) is 11.7. The monoisotopic (exact) mass is 340 g/mol. The molecule has 0 spiro atoms. The molecule has 1 amide bonds. The van der Waals surface area contributed by atoms with E-state index < -0.39 is 0 Å². The predicted octanol–water partition coefficient (Wildman–Crippen LogP) is 2.51. The number of fused-ring (bicyclic) bond motifs is 2. The summed E-state index contributed by atoms with van der Waals surface area (Å²) in [5.74, 6) is 1.02. The molecule has 0 saturated carbocycles. The van der Waals surface area contributed by atoms with E-state index in [1.807, 2.05) is 30.0 Å². The van der Waals surface area contributed by atoms with Crippen LogP contribution in [0, 0.1) is 0 Å². The maximum absolute atomic E-state index is 12.9. The van der Waals surface area contributed by atoms with Crippen molar-refractivity contribution in [2.75, 3.05) is 18.4 Å². The van der Waals surface area contributed by atoms with E-state index in [9.17, 15) is 4.79 Å². The van der Waals surface area contributed by atoms with Crippen molar-refractivity contribution < 1.29 is 4.79 Å². The number of aromatic nitrogens is 2. The molecule has 0 aliphatic carbocycles. The number of carbonyl (C=O) groups excluding carboxylic acids is 1. The van der Waals surface area contributed by atoms with E-state index in [0.29, 0.717) is 6.54 Å². The molecule has 0 fully saturated rings. The number of carbonyl (C=O) groups is 1. The van der Waals surface area contributed by atoms with Crippen LogP contribution in [0.2, 0.25) is 0 Å². The van der Waals surface area contributed by atoms with Gasteiger partial charge in [-0.3, -0.25) is 4.79 Å². The summed E-state index contributed by atoms with van der Waals surface area (Å²) in [4.78, 5) is 16.2. The third-order valence-corrected chi connectivity index (χ3v) is 5.84. The van der Waals surface area contributed by atoms with E-state index in [0.717, 1.165) is 43.0 Å². The Morgan fingerprint density at radius 1 is 1.33 bits per heavy atom. The summed E-state index contributed by atoms with van der Waals surface area (Å²) in [5.41, 5.74) is 3.42. The zero-order valence-corrected chi connectivity index (χ0v) is 14.5. The predicted molar refractivity (Wildman–Crippen MR) is 95.1 cm³/mol. The lowest BCUT2D eigenvalue weighted by Gasteiger charge is -2.30. The van der Waals surface area contributed by atoms with Gasteiger partial charge in [-0.25, -0.2) is 0 Å². The fourth-order valence-corrected chi connectivity index (χ4v) is 4.59. The van der Waals surface area contributed by atoms with Crippen LogP contribution < -0.4 is 5.32 Å². The molecule has 4 rings (SSSR count). The molecule has 0 unspecified atom stereocenters. The molecule has 1 aromatic carbocycles. The fourth-order valence-electron chi connectivity index (χ4n) is 3.31. The van der Waals surface area contributed by atoms with Crippen LogP contribution in [-0.2, 0) is 24.2 Å². The number of benzene rings is 1. The molecule has 2 aliphatic heterocycles. The Bertz CT molecular complexity index is 754. The summed E-state index contributed by atoms with van der Waals surface area (Å²) in [6, 6.07) is 10.3. The molecular weight excluding hydrogens is 320 g/mol. The van der Waals surface area contributed by atoms with Crippen LogP contribution >= 0.6 is 11.8 Å². The Balaban J connectivity index is 1.48. The Kier molecular flexibility index (Phi) is 4.14. The maximum atomic E-state index is 12.9. The van der Waals surface area contributed by atoms with E-state index in [1.165, 1.54) is 10.5 Å². The van der Waals surface area contributed by atoms with E-state index in [4.69, 9.17) is 0 Å². The van der Waals surface area contributed by atoms with Crippen molar-refractivity contribution in [3.8, 4) is 0 Å². The van der Waals surface area contributed by atoms with Gasteiger partial charge in [0.15, 0.2) is 0 Å². The summed E-state index contributed by atoms with van der Waals surface area (Å²) in [6.45, 7) is 4.21. The Labute approximate surface area is 145 Å². The molecule has 0 bridgehead atoms. The van der Waals surface area contributed by atoms with Crippen molar-refractivity contribution in [1.82, 2.24) is 15.1 Å². The average Bonchev–Trinajstić information content (AvgIpc) is 3.05. The molecule has 0 saturated heterocycles. The van der Waals surface area contributed by atoms with Gasteiger partial charge in [0, 0.05) is 31.0 Å². The van der Waals surface area contributed by atoms with Gasteiger partial charge < -0.3 is 10.2 Å². The first kappa shape index (κ1) is 15.4. The van der Waals surface area contributed by atoms with Crippen molar-refractivity contribution >= 4 is 23.5 Å². The minimum absolute atomic E-state index is 0.00647. The van der Waals surface area contributed by atoms with Crippen LogP contribution in [-0.4, -0.2) is 39.3 Å². The van der Waals surface area contributed by atoms with Crippen LogP contribution in [0.4, 0.5) is 5.82 Å². The number of hydrogen-bond acceptors (Lipinski definition) is 5. The number of thioether (sulfide) groups is 1. The standard InChI is InChI=1S/C18H20N4OS/c1-2-19-17-10-13-11-22(8-7-14(13)20-21-17)18(23)16-9-12-5-3-4-6-15(12)24-16/h3-6,10,16H,2,7-9,11H2,1H3,(H,19,21)/t16-/m0/s1. The third kappa shape index (κ3) is 2.86. The van der Waals surface area contributed by atoms with Gasteiger partial charge in [0.25, 0.3) is 0 Å². The second kappa shape index (κ2) is 6.43. The van der Waals surface area contributed by atoms with Crippen molar-refractivity contribution in [3.63, 3.8) is 0 Å². The topological polar surface area (TPSA) is 58.1 Å². The third-order valence-electron chi connectivity index (χ3n) is 4.53. The van der Waals surface area contributed by atoms with Gasteiger partial charge >= 0.3 is 0 Å². The number of anilines is 1. The first-order valence-corrected chi connectivity index (χ1v) is 9.25. The molecular formula is C18H20N4OS. The van der Waals surface area contributed by atoms with Crippen molar-refractivity contribution in [1.29, 1.82) is 0 Å². The maximum Gasteiger partial charge on any atom is 0.236 e. The van der Waals surface area contributed by atoms with E-state index in [-0.39, 0.29) is 11.2 Å². The molecule has 1 atom stereocenters. The second-order valence-electron chi connectivity index (χ2n) is 6.16. The van der Waals surface area contributed by atoms with Crippen LogP contribution in [0.25, 0.3) is 0 Å². The molecule has 6 heteroatoms. The molecule has 3 heterocycles. The summed E-state index contributed by atoms with van der Waals surface area (Å²) in [5, 5.41) is 11.7. The lowest BCUT2D eigenvalue weighted by atomic mass is 10.0. The average molecular weight is 340 g/mol. The Morgan fingerprint density at radius 2 is 2.21 bits per heavy atom. The summed E-state index contributed by atoms with van der Waals surface area (Å²) in [6.07, 6.45) is 1.62. The molecule has 24 heavy (non-hydrogen) atoms. The minimum atomic E-state index is 0.00647. The summed E-state index contributed by atoms with van der Waals surface area (Å²) < 4.78 is 0.